The van der Waals surface area contributed by atoms with Crippen molar-refractivity contribution in [3.63, 3.8) is 0 Å². The molecule has 1 unspecified atom stereocenters. The van der Waals surface area contributed by atoms with Gasteiger partial charge in [-0.2, -0.15) is 0 Å². The van der Waals surface area contributed by atoms with Crippen LogP contribution in [0.5, 0.6) is 0 Å². The number of para-hydroxylation sites is 2. The van der Waals surface area contributed by atoms with E-state index in [0.29, 0.717) is 19.5 Å². The van der Waals surface area contributed by atoms with Crippen LogP contribution in [0.4, 0.5) is 11.4 Å². The van der Waals surface area contributed by atoms with Crippen molar-refractivity contribution in [1.82, 2.24) is 9.80 Å². The first-order valence-electron chi connectivity index (χ1n) is 16.0. The SMILES string of the molecule is CC1(C)CC(=O)C2=C(C1)Nc1ccccc1N(CC(=O)N1CCN(Cc3ccccc3)CC1)C2c1ccc(C(C)(C)C)cc1. The van der Waals surface area contributed by atoms with Crippen LogP contribution in [0.2, 0.25) is 0 Å². The molecule has 3 aromatic carbocycles. The summed E-state index contributed by atoms with van der Waals surface area (Å²) in [6, 6.07) is 27.0. The first kappa shape index (κ1) is 30.1. The fourth-order valence-electron chi connectivity index (χ4n) is 6.98. The minimum absolute atomic E-state index is 0.0174. The van der Waals surface area contributed by atoms with Gasteiger partial charge in [-0.25, -0.2) is 0 Å². The van der Waals surface area contributed by atoms with E-state index >= 15 is 0 Å². The second-order valence-corrected chi connectivity index (χ2v) is 14.5. The van der Waals surface area contributed by atoms with Gasteiger partial charge in [0.15, 0.2) is 5.78 Å². The summed E-state index contributed by atoms with van der Waals surface area (Å²) in [5.41, 5.74) is 7.13. The van der Waals surface area contributed by atoms with Crippen LogP contribution in [0.3, 0.4) is 0 Å². The third-order valence-corrected chi connectivity index (χ3v) is 9.38. The van der Waals surface area contributed by atoms with Gasteiger partial charge in [-0.05, 0) is 46.1 Å². The van der Waals surface area contributed by atoms with Crippen molar-refractivity contribution >= 4 is 23.1 Å². The van der Waals surface area contributed by atoms with E-state index < -0.39 is 0 Å². The first-order valence-corrected chi connectivity index (χ1v) is 16.0. The molecule has 1 N–H and O–H groups in total. The van der Waals surface area contributed by atoms with Gasteiger partial charge in [0, 0.05) is 50.4 Å². The molecule has 0 radical (unpaired) electrons. The summed E-state index contributed by atoms with van der Waals surface area (Å²) in [7, 11) is 0. The number of piperazine rings is 1. The van der Waals surface area contributed by atoms with Crippen LogP contribution in [0, 0.1) is 5.41 Å². The monoisotopic (exact) mass is 590 g/mol. The predicted octanol–water partition coefficient (Wildman–Crippen LogP) is 6.94. The van der Waals surface area contributed by atoms with E-state index in [9.17, 15) is 9.59 Å². The Kier molecular flexibility index (Phi) is 8.14. The van der Waals surface area contributed by atoms with Crippen molar-refractivity contribution in [2.45, 2.75) is 65.5 Å². The molecule has 3 aliphatic rings. The molecule has 230 valence electrons. The molecular formula is C38H46N4O2. The van der Waals surface area contributed by atoms with E-state index in [1.165, 1.54) is 11.1 Å². The summed E-state index contributed by atoms with van der Waals surface area (Å²) >= 11 is 0. The topological polar surface area (TPSA) is 55.9 Å². The average Bonchev–Trinajstić information content (AvgIpc) is 3.11. The van der Waals surface area contributed by atoms with E-state index in [4.69, 9.17) is 0 Å². The number of Topliss-reactive ketones (excluding diaryl/α,β-unsaturated/α-hetero) is 1. The molecule has 1 amide bonds. The van der Waals surface area contributed by atoms with Crippen LogP contribution < -0.4 is 10.2 Å². The lowest BCUT2D eigenvalue weighted by Gasteiger charge is -2.40. The van der Waals surface area contributed by atoms with Gasteiger partial charge in [0.2, 0.25) is 5.91 Å². The van der Waals surface area contributed by atoms with E-state index in [2.05, 4.69) is 110 Å². The number of carbonyl (C=O) groups excluding carboxylic acids is 2. The molecule has 0 bridgehead atoms. The number of hydrogen-bond donors (Lipinski definition) is 1. The molecule has 1 atom stereocenters. The largest absolute Gasteiger partial charge is 0.357 e. The Morgan fingerprint density at radius 2 is 1.52 bits per heavy atom. The highest BCUT2D eigenvalue weighted by Crippen LogP contribution is 2.48. The first-order chi connectivity index (χ1) is 21.0. The van der Waals surface area contributed by atoms with Crippen molar-refractivity contribution in [2.75, 3.05) is 42.9 Å². The van der Waals surface area contributed by atoms with Crippen molar-refractivity contribution in [1.29, 1.82) is 0 Å². The molecule has 0 saturated carbocycles. The minimum Gasteiger partial charge on any atom is -0.357 e. The Bertz CT molecular complexity index is 1540. The van der Waals surface area contributed by atoms with E-state index in [-0.39, 0.29) is 35.1 Å². The molecule has 1 fully saturated rings. The molecule has 6 rings (SSSR count). The summed E-state index contributed by atoms with van der Waals surface area (Å²) in [4.78, 5) is 34.8. The van der Waals surface area contributed by atoms with Gasteiger partial charge < -0.3 is 15.1 Å². The quantitative estimate of drug-likeness (QED) is 0.349. The number of ketones is 1. The molecule has 3 aromatic rings. The van der Waals surface area contributed by atoms with E-state index in [1.807, 2.05) is 23.1 Å². The van der Waals surface area contributed by atoms with Crippen LogP contribution in [0.15, 0.2) is 90.1 Å². The number of nitrogens with one attached hydrogen (secondary N) is 1. The number of allylic oxidation sites excluding steroid dienone is 1. The van der Waals surface area contributed by atoms with Crippen molar-refractivity contribution < 1.29 is 9.59 Å². The average molecular weight is 591 g/mol. The Morgan fingerprint density at radius 1 is 0.864 bits per heavy atom. The Morgan fingerprint density at radius 3 is 2.20 bits per heavy atom. The molecular weight excluding hydrogens is 544 g/mol. The number of anilines is 2. The van der Waals surface area contributed by atoms with Crippen LogP contribution >= 0.6 is 0 Å². The van der Waals surface area contributed by atoms with Gasteiger partial charge in [-0.15, -0.1) is 0 Å². The third kappa shape index (κ3) is 6.32. The highest BCUT2D eigenvalue weighted by atomic mass is 16.2. The maximum absolute atomic E-state index is 14.1. The summed E-state index contributed by atoms with van der Waals surface area (Å²) < 4.78 is 0. The highest BCUT2D eigenvalue weighted by molar-refractivity contribution is 6.02. The Balaban J connectivity index is 1.33. The van der Waals surface area contributed by atoms with Gasteiger partial charge in [0.25, 0.3) is 0 Å². The van der Waals surface area contributed by atoms with Gasteiger partial charge in [0.05, 0.1) is 24.0 Å². The fraction of sp³-hybridized carbons (Fsp3) is 0.421. The van der Waals surface area contributed by atoms with Gasteiger partial charge >= 0.3 is 0 Å². The number of hydrogen-bond acceptors (Lipinski definition) is 5. The van der Waals surface area contributed by atoms with Crippen molar-refractivity contribution in [3.8, 4) is 0 Å². The molecule has 6 nitrogen and oxygen atoms in total. The normalized spacial score (nSPS) is 20.5. The van der Waals surface area contributed by atoms with Crippen LogP contribution in [0.25, 0.3) is 0 Å². The molecule has 1 saturated heterocycles. The minimum atomic E-state index is -0.359. The maximum atomic E-state index is 14.1. The number of amides is 1. The van der Waals surface area contributed by atoms with E-state index in [0.717, 1.165) is 54.3 Å². The lowest BCUT2D eigenvalue weighted by atomic mass is 9.73. The fourth-order valence-corrected chi connectivity index (χ4v) is 6.98. The van der Waals surface area contributed by atoms with E-state index in [1.54, 1.807) is 0 Å². The smallest absolute Gasteiger partial charge is 0.242 e. The molecule has 0 aromatic heterocycles. The molecule has 2 aliphatic heterocycles. The van der Waals surface area contributed by atoms with Crippen molar-refractivity contribution in [2.24, 2.45) is 5.41 Å². The Hall–Kier alpha value is -3.90. The summed E-state index contributed by atoms with van der Waals surface area (Å²) in [5, 5.41) is 3.68. The summed E-state index contributed by atoms with van der Waals surface area (Å²) in [5.74, 6) is 0.261. The standard InChI is InChI=1S/C38H46N4O2/c1-37(2,3)29-17-15-28(16-18-29)36-35-31(23-38(4,5)24-33(35)43)39-30-13-9-10-14-32(30)42(36)26-34(44)41-21-19-40(20-22-41)25-27-11-7-6-8-12-27/h6-18,36,39H,19-26H2,1-5H3. The molecule has 6 heteroatoms. The maximum Gasteiger partial charge on any atom is 0.242 e. The van der Waals surface area contributed by atoms with Crippen LogP contribution in [-0.2, 0) is 21.5 Å². The van der Waals surface area contributed by atoms with Gasteiger partial charge in [-0.3, -0.25) is 14.5 Å². The highest BCUT2D eigenvalue weighted by Gasteiger charge is 2.42. The molecule has 0 spiro atoms. The van der Waals surface area contributed by atoms with Crippen molar-refractivity contribution in [3.05, 3.63) is 107 Å². The Labute approximate surface area is 262 Å². The van der Waals surface area contributed by atoms with Crippen LogP contribution in [0.1, 0.15) is 70.2 Å². The molecule has 2 heterocycles. The number of fused-ring (bicyclic) bond motifs is 1. The number of rotatable bonds is 5. The second kappa shape index (κ2) is 11.9. The number of carbonyl (C=O) groups is 2. The lowest BCUT2D eigenvalue weighted by molar-refractivity contribution is -0.131. The number of benzene rings is 3. The zero-order chi connectivity index (χ0) is 31.1. The lowest BCUT2D eigenvalue weighted by Crippen LogP contribution is -2.51. The predicted molar refractivity (Wildman–Crippen MR) is 179 cm³/mol. The zero-order valence-electron chi connectivity index (χ0n) is 26.9. The van der Waals surface area contributed by atoms with Gasteiger partial charge in [0.1, 0.15) is 0 Å². The van der Waals surface area contributed by atoms with Gasteiger partial charge in [-0.1, -0.05) is 101 Å². The van der Waals surface area contributed by atoms with Crippen LogP contribution in [-0.4, -0.2) is 54.2 Å². The summed E-state index contributed by atoms with van der Waals surface area (Å²) in [6.07, 6.45) is 1.27. The molecule has 44 heavy (non-hydrogen) atoms. The zero-order valence-corrected chi connectivity index (χ0v) is 26.9. The molecule has 1 aliphatic carbocycles. The third-order valence-electron chi connectivity index (χ3n) is 9.38. The number of nitrogens with zero attached hydrogens (tertiary/aromatic N) is 3. The second-order valence-electron chi connectivity index (χ2n) is 14.5. The summed E-state index contributed by atoms with van der Waals surface area (Å²) in [6.45, 7) is 15.2.